The summed E-state index contributed by atoms with van der Waals surface area (Å²) >= 11 is 2.08. The Bertz CT molecular complexity index is 572. The van der Waals surface area contributed by atoms with E-state index in [4.69, 9.17) is 4.42 Å². The SMILES string of the molecule is CCCCc1oc2ccccc2c1CNC1CCSCC1. The van der Waals surface area contributed by atoms with Gasteiger partial charge in [0.05, 0.1) is 0 Å². The van der Waals surface area contributed by atoms with E-state index in [1.807, 2.05) is 0 Å². The highest BCUT2D eigenvalue weighted by Gasteiger charge is 2.17. The van der Waals surface area contributed by atoms with Gasteiger partial charge in [-0.2, -0.15) is 11.8 Å². The van der Waals surface area contributed by atoms with Crippen molar-refractivity contribution in [3.8, 4) is 0 Å². The number of para-hydroxylation sites is 1. The number of nitrogens with one attached hydrogen (secondary N) is 1. The minimum Gasteiger partial charge on any atom is -0.461 e. The van der Waals surface area contributed by atoms with E-state index in [9.17, 15) is 0 Å². The van der Waals surface area contributed by atoms with Crippen molar-refractivity contribution < 1.29 is 4.42 Å². The van der Waals surface area contributed by atoms with Crippen LogP contribution in [0.1, 0.15) is 43.9 Å². The summed E-state index contributed by atoms with van der Waals surface area (Å²) in [5.41, 5.74) is 2.43. The molecule has 0 unspecified atom stereocenters. The topological polar surface area (TPSA) is 25.2 Å². The van der Waals surface area contributed by atoms with Gasteiger partial charge in [-0.25, -0.2) is 0 Å². The normalized spacial score (nSPS) is 16.6. The second-order valence-electron chi connectivity index (χ2n) is 5.87. The second kappa shape index (κ2) is 7.37. The molecular formula is C18H25NOS. The van der Waals surface area contributed by atoms with Crippen LogP contribution in [0.3, 0.4) is 0 Å². The summed E-state index contributed by atoms with van der Waals surface area (Å²) in [6, 6.07) is 9.14. The highest BCUT2D eigenvalue weighted by molar-refractivity contribution is 7.99. The van der Waals surface area contributed by atoms with E-state index in [0.717, 1.165) is 18.5 Å². The van der Waals surface area contributed by atoms with Crippen LogP contribution in [0.4, 0.5) is 0 Å². The molecule has 2 heterocycles. The van der Waals surface area contributed by atoms with Gasteiger partial charge in [0.25, 0.3) is 0 Å². The second-order valence-corrected chi connectivity index (χ2v) is 7.10. The lowest BCUT2D eigenvalue weighted by molar-refractivity contribution is 0.472. The number of unbranched alkanes of at least 4 members (excludes halogenated alkanes) is 1. The van der Waals surface area contributed by atoms with E-state index in [-0.39, 0.29) is 0 Å². The molecular weight excluding hydrogens is 278 g/mol. The van der Waals surface area contributed by atoms with Crippen molar-refractivity contribution in [1.29, 1.82) is 0 Å². The van der Waals surface area contributed by atoms with Crippen molar-refractivity contribution in [3.05, 3.63) is 35.6 Å². The molecule has 0 bridgehead atoms. The van der Waals surface area contributed by atoms with Gasteiger partial charge in [-0.15, -0.1) is 0 Å². The monoisotopic (exact) mass is 303 g/mol. The van der Waals surface area contributed by atoms with Gasteiger partial charge in [0, 0.05) is 30.0 Å². The average molecular weight is 303 g/mol. The van der Waals surface area contributed by atoms with Gasteiger partial charge in [-0.3, -0.25) is 0 Å². The van der Waals surface area contributed by atoms with Gasteiger partial charge in [-0.1, -0.05) is 31.5 Å². The largest absolute Gasteiger partial charge is 0.461 e. The number of hydrogen-bond acceptors (Lipinski definition) is 3. The summed E-state index contributed by atoms with van der Waals surface area (Å²) in [7, 11) is 0. The molecule has 3 rings (SSSR count). The summed E-state index contributed by atoms with van der Waals surface area (Å²) < 4.78 is 6.10. The number of rotatable bonds is 6. The molecule has 0 aliphatic carbocycles. The summed E-state index contributed by atoms with van der Waals surface area (Å²) in [4.78, 5) is 0. The van der Waals surface area contributed by atoms with E-state index >= 15 is 0 Å². The Morgan fingerprint density at radius 3 is 2.86 bits per heavy atom. The summed E-state index contributed by atoms with van der Waals surface area (Å²) in [5, 5.41) is 5.05. The first-order chi connectivity index (χ1) is 10.4. The van der Waals surface area contributed by atoms with Crippen molar-refractivity contribution in [3.63, 3.8) is 0 Å². The van der Waals surface area contributed by atoms with E-state index < -0.39 is 0 Å². The number of furan rings is 1. The van der Waals surface area contributed by atoms with Crippen LogP contribution in [0.5, 0.6) is 0 Å². The third kappa shape index (κ3) is 3.64. The van der Waals surface area contributed by atoms with Crippen molar-refractivity contribution in [2.75, 3.05) is 11.5 Å². The lowest BCUT2D eigenvalue weighted by atomic mass is 10.1. The van der Waals surface area contributed by atoms with Crippen LogP contribution in [-0.2, 0) is 13.0 Å². The smallest absolute Gasteiger partial charge is 0.134 e. The minimum absolute atomic E-state index is 0.680. The number of aryl methyl sites for hydroxylation is 1. The van der Waals surface area contributed by atoms with E-state index in [0.29, 0.717) is 6.04 Å². The van der Waals surface area contributed by atoms with Crippen molar-refractivity contribution >= 4 is 22.7 Å². The van der Waals surface area contributed by atoms with Gasteiger partial charge >= 0.3 is 0 Å². The molecule has 2 nitrogen and oxygen atoms in total. The summed E-state index contributed by atoms with van der Waals surface area (Å²) in [6.07, 6.45) is 6.06. The van der Waals surface area contributed by atoms with Crippen LogP contribution >= 0.6 is 11.8 Å². The Hall–Kier alpha value is -0.930. The van der Waals surface area contributed by atoms with Gasteiger partial charge < -0.3 is 9.73 Å². The maximum Gasteiger partial charge on any atom is 0.134 e. The van der Waals surface area contributed by atoms with E-state index in [2.05, 4.69) is 48.3 Å². The Balaban J connectivity index is 1.77. The van der Waals surface area contributed by atoms with E-state index in [1.165, 1.54) is 53.9 Å². The number of benzene rings is 1. The zero-order valence-electron chi connectivity index (χ0n) is 12.9. The molecule has 1 saturated heterocycles. The number of fused-ring (bicyclic) bond motifs is 1. The minimum atomic E-state index is 0.680. The molecule has 0 spiro atoms. The lowest BCUT2D eigenvalue weighted by Crippen LogP contribution is -2.32. The predicted octanol–water partition coefficient (Wildman–Crippen LogP) is 4.76. The van der Waals surface area contributed by atoms with Crippen LogP contribution in [0.2, 0.25) is 0 Å². The molecule has 0 atom stereocenters. The van der Waals surface area contributed by atoms with Crippen LogP contribution in [-0.4, -0.2) is 17.5 Å². The van der Waals surface area contributed by atoms with Crippen LogP contribution in [0.25, 0.3) is 11.0 Å². The number of thioether (sulfide) groups is 1. The van der Waals surface area contributed by atoms with E-state index in [1.54, 1.807) is 0 Å². The summed E-state index contributed by atoms with van der Waals surface area (Å²) in [5.74, 6) is 3.79. The standard InChI is InChI=1S/C18H25NOS/c1-2-3-7-18-16(13-19-14-9-11-21-12-10-14)15-6-4-5-8-17(15)20-18/h4-6,8,14,19H,2-3,7,9-13H2,1H3. The maximum atomic E-state index is 6.10. The Kier molecular flexibility index (Phi) is 5.26. The van der Waals surface area contributed by atoms with Crippen LogP contribution in [0, 0.1) is 0 Å². The molecule has 1 fully saturated rings. The molecule has 1 aliphatic rings. The molecule has 3 heteroatoms. The highest BCUT2D eigenvalue weighted by Crippen LogP contribution is 2.27. The van der Waals surface area contributed by atoms with Gasteiger partial charge in [0.15, 0.2) is 0 Å². The molecule has 1 aromatic heterocycles. The van der Waals surface area contributed by atoms with Crippen LogP contribution in [0.15, 0.2) is 28.7 Å². The van der Waals surface area contributed by atoms with Gasteiger partial charge in [0.1, 0.15) is 11.3 Å². The Morgan fingerprint density at radius 2 is 2.05 bits per heavy atom. The average Bonchev–Trinajstić information content (AvgIpc) is 2.89. The fourth-order valence-electron chi connectivity index (χ4n) is 3.03. The molecule has 1 N–H and O–H groups in total. The summed E-state index contributed by atoms with van der Waals surface area (Å²) in [6.45, 7) is 3.19. The first-order valence-corrected chi connectivity index (χ1v) is 9.34. The molecule has 0 radical (unpaired) electrons. The van der Waals surface area contributed by atoms with Gasteiger partial charge in [0.2, 0.25) is 0 Å². The molecule has 1 aliphatic heterocycles. The highest BCUT2D eigenvalue weighted by atomic mass is 32.2. The first kappa shape index (κ1) is 15.0. The van der Waals surface area contributed by atoms with Crippen molar-refractivity contribution in [2.24, 2.45) is 0 Å². The zero-order valence-corrected chi connectivity index (χ0v) is 13.7. The Morgan fingerprint density at radius 1 is 1.24 bits per heavy atom. The maximum absolute atomic E-state index is 6.10. The third-order valence-corrected chi connectivity index (χ3v) is 5.38. The molecule has 0 saturated carbocycles. The zero-order chi connectivity index (χ0) is 14.5. The molecule has 2 aromatic rings. The lowest BCUT2D eigenvalue weighted by Gasteiger charge is -2.22. The quantitative estimate of drug-likeness (QED) is 0.833. The predicted molar refractivity (Wildman–Crippen MR) is 92.0 cm³/mol. The van der Waals surface area contributed by atoms with Crippen molar-refractivity contribution in [2.45, 2.75) is 51.6 Å². The van der Waals surface area contributed by atoms with Crippen LogP contribution < -0.4 is 5.32 Å². The molecule has 114 valence electrons. The molecule has 21 heavy (non-hydrogen) atoms. The number of hydrogen-bond donors (Lipinski definition) is 1. The van der Waals surface area contributed by atoms with Crippen molar-refractivity contribution in [1.82, 2.24) is 5.32 Å². The molecule has 1 aromatic carbocycles. The fraction of sp³-hybridized carbons (Fsp3) is 0.556. The molecule has 0 amide bonds. The van der Waals surface area contributed by atoms with Gasteiger partial charge in [-0.05, 0) is 36.8 Å². The fourth-order valence-corrected chi connectivity index (χ4v) is 4.14. The Labute approximate surface area is 131 Å². The third-order valence-electron chi connectivity index (χ3n) is 4.33. The first-order valence-electron chi connectivity index (χ1n) is 8.19.